The summed E-state index contributed by atoms with van der Waals surface area (Å²) < 4.78 is 4.98. The summed E-state index contributed by atoms with van der Waals surface area (Å²) in [6, 6.07) is 7.11. The first-order chi connectivity index (χ1) is 11.0. The number of carboxylic acid groups (broad SMARTS) is 1. The summed E-state index contributed by atoms with van der Waals surface area (Å²) in [6.07, 6.45) is 1.45. The van der Waals surface area contributed by atoms with Gasteiger partial charge in [0.1, 0.15) is 5.70 Å². The highest BCUT2D eigenvalue weighted by atomic mass is 16.6. The van der Waals surface area contributed by atoms with Crippen LogP contribution in [0.15, 0.2) is 46.5 Å². The van der Waals surface area contributed by atoms with Crippen LogP contribution in [0.2, 0.25) is 0 Å². The molecule has 118 valence electrons. The number of nitrogens with zero attached hydrogens (tertiary/aromatic N) is 3. The number of hydroxylamine groups is 2. The average Bonchev–Trinajstić information content (AvgIpc) is 2.94. The van der Waals surface area contributed by atoms with Crippen molar-refractivity contribution in [2.75, 3.05) is 14.2 Å². The van der Waals surface area contributed by atoms with Crippen LogP contribution in [-0.2, 0) is 14.3 Å². The van der Waals surface area contributed by atoms with Gasteiger partial charge in [-0.15, -0.1) is 0 Å². The van der Waals surface area contributed by atoms with E-state index in [1.165, 1.54) is 20.4 Å². The maximum Gasteiger partial charge on any atom is 0.358 e. The van der Waals surface area contributed by atoms with Gasteiger partial charge < -0.3 is 9.84 Å². The summed E-state index contributed by atoms with van der Waals surface area (Å²) in [7, 11) is 2.51. The van der Waals surface area contributed by atoms with Gasteiger partial charge in [-0.05, 0) is 6.07 Å². The molecule has 0 aliphatic carbocycles. The van der Waals surface area contributed by atoms with Crippen LogP contribution in [0.25, 0.3) is 5.57 Å². The third kappa shape index (κ3) is 2.08. The van der Waals surface area contributed by atoms with Gasteiger partial charge in [-0.2, -0.15) is 5.06 Å². The van der Waals surface area contributed by atoms with E-state index in [0.717, 1.165) is 4.90 Å². The van der Waals surface area contributed by atoms with Crippen molar-refractivity contribution in [3.05, 3.63) is 47.1 Å². The van der Waals surface area contributed by atoms with Crippen LogP contribution >= 0.6 is 0 Å². The minimum Gasteiger partial charge on any atom is -0.479 e. The van der Waals surface area contributed by atoms with Gasteiger partial charge in [0, 0.05) is 24.4 Å². The zero-order valence-corrected chi connectivity index (χ0v) is 12.3. The van der Waals surface area contributed by atoms with E-state index in [9.17, 15) is 19.9 Å². The van der Waals surface area contributed by atoms with Crippen molar-refractivity contribution < 1.29 is 24.6 Å². The van der Waals surface area contributed by atoms with Gasteiger partial charge in [-0.1, -0.05) is 18.2 Å². The minimum atomic E-state index is -1.39. The molecule has 1 aromatic rings. The number of benzene rings is 1. The van der Waals surface area contributed by atoms with Crippen molar-refractivity contribution in [2.45, 2.75) is 0 Å². The number of carbonyl (C=O) groups is 2. The molecule has 0 spiro atoms. The third-order valence-electron chi connectivity index (χ3n) is 3.63. The SMILES string of the molecule is COC1=C(C(=O)O)N(C)C(=O)C(=C2C=Nc3ccccc32)N1O. The number of hydrogen-bond acceptors (Lipinski definition) is 6. The van der Waals surface area contributed by atoms with Gasteiger partial charge >= 0.3 is 5.97 Å². The zero-order chi connectivity index (χ0) is 16.7. The molecular weight excluding hydrogens is 302 g/mol. The first-order valence-electron chi connectivity index (χ1n) is 6.63. The molecule has 8 heteroatoms. The highest BCUT2D eigenvalue weighted by Crippen LogP contribution is 2.37. The Hall–Kier alpha value is -3.13. The van der Waals surface area contributed by atoms with Crippen LogP contribution in [0.1, 0.15) is 5.56 Å². The average molecular weight is 315 g/mol. The number of para-hydroxylation sites is 1. The summed E-state index contributed by atoms with van der Waals surface area (Å²) in [4.78, 5) is 29.0. The van der Waals surface area contributed by atoms with E-state index in [1.54, 1.807) is 24.3 Å². The second kappa shape index (κ2) is 5.25. The maximum absolute atomic E-state index is 12.6. The van der Waals surface area contributed by atoms with E-state index in [2.05, 4.69) is 4.99 Å². The largest absolute Gasteiger partial charge is 0.479 e. The van der Waals surface area contributed by atoms with Crippen LogP contribution in [0, 0.1) is 0 Å². The lowest BCUT2D eigenvalue weighted by molar-refractivity contribution is -0.149. The molecular formula is C15H13N3O5. The molecule has 8 nitrogen and oxygen atoms in total. The van der Waals surface area contributed by atoms with Gasteiger partial charge in [0.2, 0.25) is 0 Å². The van der Waals surface area contributed by atoms with Crippen LogP contribution < -0.4 is 0 Å². The molecule has 23 heavy (non-hydrogen) atoms. The summed E-state index contributed by atoms with van der Waals surface area (Å²) in [5, 5.41) is 20.0. The fraction of sp³-hybridized carbons (Fsp3) is 0.133. The van der Waals surface area contributed by atoms with Crippen molar-refractivity contribution in [2.24, 2.45) is 4.99 Å². The molecule has 0 saturated heterocycles. The summed E-state index contributed by atoms with van der Waals surface area (Å²) in [5.41, 5.74) is 1.14. The fourth-order valence-electron chi connectivity index (χ4n) is 2.55. The molecule has 2 N–H and O–H groups in total. The Morgan fingerprint density at radius 1 is 1.30 bits per heavy atom. The molecule has 0 fully saturated rings. The zero-order valence-electron chi connectivity index (χ0n) is 12.3. The number of allylic oxidation sites excluding steroid dienone is 1. The number of fused-ring (bicyclic) bond motifs is 1. The lowest BCUT2D eigenvalue weighted by atomic mass is 10.0. The van der Waals surface area contributed by atoms with Crippen LogP contribution in [0.5, 0.6) is 0 Å². The van der Waals surface area contributed by atoms with Gasteiger partial charge in [-0.3, -0.25) is 19.9 Å². The Kier molecular flexibility index (Phi) is 3.38. The second-order valence-corrected chi connectivity index (χ2v) is 4.88. The van der Waals surface area contributed by atoms with Crippen molar-refractivity contribution in [1.29, 1.82) is 0 Å². The molecule has 0 saturated carbocycles. The molecule has 2 aliphatic heterocycles. The molecule has 1 aromatic carbocycles. The first kappa shape index (κ1) is 14.8. The third-order valence-corrected chi connectivity index (χ3v) is 3.63. The van der Waals surface area contributed by atoms with Gasteiger partial charge in [0.25, 0.3) is 11.8 Å². The van der Waals surface area contributed by atoms with Gasteiger partial charge in [-0.25, -0.2) is 4.79 Å². The second-order valence-electron chi connectivity index (χ2n) is 4.88. The van der Waals surface area contributed by atoms with Crippen LogP contribution in [0.4, 0.5) is 5.69 Å². The fourth-order valence-corrected chi connectivity index (χ4v) is 2.55. The topological polar surface area (TPSA) is 103 Å². The molecule has 3 rings (SSSR count). The first-order valence-corrected chi connectivity index (χ1v) is 6.63. The van der Waals surface area contributed by atoms with Crippen molar-refractivity contribution in [1.82, 2.24) is 9.96 Å². The van der Waals surface area contributed by atoms with Crippen LogP contribution in [0.3, 0.4) is 0 Å². The number of methoxy groups -OCH3 is 1. The van der Waals surface area contributed by atoms with Crippen LogP contribution in [-0.4, -0.2) is 52.5 Å². The van der Waals surface area contributed by atoms with E-state index in [-0.39, 0.29) is 11.6 Å². The molecule has 2 heterocycles. The number of aliphatic carboxylic acids is 1. The monoisotopic (exact) mass is 315 g/mol. The standard InChI is InChI=1S/C15H13N3O5/c1-17-12(15(20)21)14(23-2)18(22)11(13(17)19)9-7-16-10-6-4-3-5-8(9)10/h3-7,22H,1-2H3,(H,20,21). The number of amides is 1. The summed E-state index contributed by atoms with van der Waals surface area (Å²) >= 11 is 0. The number of hydrogen-bond donors (Lipinski definition) is 2. The molecule has 2 aliphatic rings. The van der Waals surface area contributed by atoms with Crippen molar-refractivity contribution in [3.63, 3.8) is 0 Å². The number of carboxylic acids is 1. The van der Waals surface area contributed by atoms with Gasteiger partial charge in [0.15, 0.2) is 5.70 Å². The van der Waals surface area contributed by atoms with E-state index in [1.807, 2.05) is 0 Å². The molecule has 1 amide bonds. The molecule has 0 atom stereocenters. The minimum absolute atomic E-state index is 0.122. The number of aliphatic imine (C=N–C) groups is 1. The van der Waals surface area contributed by atoms with E-state index in [0.29, 0.717) is 21.9 Å². The highest BCUT2D eigenvalue weighted by Gasteiger charge is 2.40. The molecule has 0 aromatic heterocycles. The predicted molar refractivity (Wildman–Crippen MR) is 79.6 cm³/mol. The molecule has 0 radical (unpaired) electrons. The Labute approximate surface area is 131 Å². The molecule has 0 bridgehead atoms. The van der Waals surface area contributed by atoms with E-state index < -0.39 is 17.6 Å². The maximum atomic E-state index is 12.6. The van der Waals surface area contributed by atoms with Crippen molar-refractivity contribution >= 4 is 29.4 Å². The highest BCUT2D eigenvalue weighted by molar-refractivity contribution is 6.23. The summed E-state index contributed by atoms with van der Waals surface area (Å²) in [5.74, 6) is -2.41. The lowest BCUT2D eigenvalue weighted by Crippen LogP contribution is -2.44. The number of ether oxygens (including phenoxy) is 1. The molecule has 0 unspecified atom stereocenters. The Balaban J connectivity index is 2.24. The summed E-state index contributed by atoms with van der Waals surface area (Å²) in [6.45, 7) is 0. The predicted octanol–water partition coefficient (Wildman–Crippen LogP) is 1.18. The lowest BCUT2D eigenvalue weighted by Gasteiger charge is -2.33. The normalized spacial score (nSPS) is 20.2. The Morgan fingerprint density at radius 2 is 2.00 bits per heavy atom. The van der Waals surface area contributed by atoms with Gasteiger partial charge in [0.05, 0.1) is 12.8 Å². The number of carbonyl (C=O) groups excluding carboxylic acids is 1. The smallest absolute Gasteiger partial charge is 0.358 e. The Morgan fingerprint density at radius 3 is 2.65 bits per heavy atom. The van der Waals surface area contributed by atoms with E-state index >= 15 is 0 Å². The number of likely N-dealkylation sites (N-methyl/N-ethyl adjacent to an activating group) is 1. The van der Waals surface area contributed by atoms with E-state index in [4.69, 9.17) is 4.74 Å². The number of rotatable bonds is 2. The van der Waals surface area contributed by atoms with Crippen molar-refractivity contribution in [3.8, 4) is 0 Å². The Bertz CT molecular complexity index is 809. The quantitative estimate of drug-likeness (QED) is 0.794.